The molecular weight excluding hydrogens is 188 g/mol. The number of hydrogen-bond donors (Lipinski definition) is 0. The molecule has 0 saturated carbocycles. The average Bonchev–Trinajstić information content (AvgIpc) is 2.31. The van der Waals surface area contributed by atoms with E-state index in [0.717, 1.165) is 12.8 Å². The third kappa shape index (κ3) is 4.28. The summed E-state index contributed by atoms with van der Waals surface area (Å²) >= 11 is 0. The molecule has 0 aliphatic carbocycles. The Kier molecular flexibility index (Phi) is 4.96. The molecule has 0 amide bonds. The van der Waals surface area contributed by atoms with Crippen molar-refractivity contribution in [3.05, 3.63) is 30.3 Å². The Morgan fingerprint density at radius 2 is 2.13 bits per heavy atom. The zero-order valence-corrected chi connectivity index (χ0v) is 8.81. The number of benzene rings is 1. The van der Waals surface area contributed by atoms with Gasteiger partial charge in [0.2, 0.25) is 0 Å². The van der Waals surface area contributed by atoms with E-state index < -0.39 is 0 Å². The number of nitriles is 1. The van der Waals surface area contributed by atoms with E-state index in [4.69, 9.17) is 10.1 Å². The quantitative estimate of drug-likeness (QED) is 0.544. The minimum absolute atomic E-state index is 0.445. The summed E-state index contributed by atoms with van der Waals surface area (Å²) in [6.07, 6.45) is 2.69. The van der Waals surface area contributed by atoms with E-state index >= 15 is 0 Å². The highest BCUT2D eigenvalue weighted by Crippen LogP contribution is 2.09. The van der Waals surface area contributed by atoms with Gasteiger partial charge < -0.3 is 4.84 Å². The summed E-state index contributed by atoms with van der Waals surface area (Å²) in [5, 5.41) is 12.6. The van der Waals surface area contributed by atoms with E-state index in [1.54, 1.807) is 12.1 Å². The Bertz CT molecular complexity index is 352. The molecular formula is C12H14N2O. The fraction of sp³-hybridized carbons (Fsp3) is 0.333. The molecule has 0 aliphatic heterocycles. The molecule has 0 unspecified atom stereocenters. The normalized spacial score (nSPS) is 10.8. The SMILES string of the molecule is CCCCC(C#N)=NOc1ccccc1. The number of hydrogen-bond acceptors (Lipinski definition) is 3. The molecule has 0 radical (unpaired) electrons. The first-order valence-corrected chi connectivity index (χ1v) is 5.06. The van der Waals surface area contributed by atoms with E-state index in [2.05, 4.69) is 12.1 Å². The van der Waals surface area contributed by atoms with Crippen LogP contribution in [0.5, 0.6) is 5.75 Å². The van der Waals surface area contributed by atoms with Gasteiger partial charge in [-0.05, 0) is 18.6 Å². The van der Waals surface area contributed by atoms with Gasteiger partial charge in [-0.15, -0.1) is 0 Å². The van der Waals surface area contributed by atoms with Crippen LogP contribution in [0.1, 0.15) is 26.2 Å². The number of rotatable bonds is 5. The van der Waals surface area contributed by atoms with Gasteiger partial charge in [0, 0.05) is 6.42 Å². The van der Waals surface area contributed by atoms with E-state index in [1.807, 2.05) is 24.3 Å². The van der Waals surface area contributed by atoms with Gasteiger partial charge in [0.1, 0.15) is 6.07 Å². The van der Waals surface area contributed by atoms with Crippen molar-refractivity contribution in [3.8, 4) is 11.8 Å². The smallest absolute Gasteiger partial charge is 0.158 e. The number of nitrogens with zero attached hydrogens (tertiary/aromatic N) is 2. The molecule has 78 valence electrons. The first kappa shape index (κ1) is 11.3. The van der Waals surface area contributed by atoms with Gasteiger partial charge in [0.05, 0.1) is 0 Å². The summed E-state index contributed by atoms with van der Waals surface area (Å²) in [5.74, 6) is 0.654. The second-order valence-corrected chi connectivity index (χ2v) is 3.16. The Labute approximate surface area is 90.0 Å². The van der Waals surface area contributed by atoms with Crippen LogP contribution in [0, 0.1) is 11.3 Å². The second kappa shape index (κ2) is 6.61. The first-order valence-electron chi connectivity index (χ1n) is 5.06. The zero-order valence-electron chi connectivity index (χ0n) is 8.81. The number of oxime groups is 1. The van der Waals surface area contributed by atoms with Gasteiger partial charge in [0.25, 0.3) is 0 Å². The maximum absolute atomic E-state index is 8.77. The lowest BCUT2D eigenvalue weighted by Crippen LogP contribution is -1.97. The Morgan fingerprint density at radius 3 is 2.73 bits per heavy atom. The third-order valence-corrected chi connectivity index (χ3v) is 1.90. The predicted octanol–water partition coefficient (Wildman–Crippen LogP) is 3.14. The molecule has 0 aromatic heterocycles. The molecule has 0 N–H and O–H groups in total. The van der Waals surface area contributed by atoms with Crippen LogP contribution < -0.4 is 4.84 Å². The van der Waals surface area contributed by atoms with Crippen LogP contribution in [-0.4, -0.2) is 5.71 Å². The predicted molar refractivity (Wildman–Crippen MR) is 59.6 cm³/mol. The molecule has 0 saturated heterocycles. The molecule has 1 aromatic rings. The fourth-order valence-corrected chi connectivity index (χ4v) is 1.06. The molecule has 3 nitrogen and oxygen atoms in total. The third-order valence-electron chi connectivity index (χ3n) is 1.90. The fourth-order valence-electron chi connectivity index (χ4n) is 1.06. The van der Waals surface area contributed by atoms with E-state index in [1.165, 1.54) is 0 Å². The van der Waals surface area contributed by atoms with Crippen LogP contribution in [-0.2, 0) is 0 Å². The molecule has 0 heterocycles. The summed E-state index contributed by atoms with van der Waals surface area (Å²) in [4.78, 5) is 5.12. The standard InChI is InChI=1S/C12H14N2O/c1-2-3-7-11(10-13)14-15-12-8-5-4-6-9-12/h4-6,8-9H,2-3,7H2,1H3. The van der Waals surface area contributed by atoms with Crippen molar-refractivity contribution < 1.29 is 4.84 Å². The second-order valence-electron chi connectivity index (χ2n) is 3.16. The van der Waals surface area contributed by atoms with Crippen LogP contribution in [0.2, 0.25) is 0 Å². The molecule has 0 bridgehead atoms. The van der Waals surface area contributed by atoms with Gasteiger partial charge in [-0.2, -0.15) is 5.26 Å². The van der Waals surface area contributed by atoms with Crippen LogP contribution in [0.25, 0.3) is 0 Å². The van der Waals surface area contributed by atoms with Crippen LogP contribution in [0.3, 0.4) is 0 Å². The average molecular weight is 202 g/mol. The number of para-hydroxylation sites is 1. The topological polar surface area (TPSA) is 45.4 Å². The summed E-state index contributed by atoms with van der Waals surface area (Å²) in [5.41, 5.74) is 0.445. The lowest BCUT2D eigenvalue weighted by atomic mass is 10.2. The lowest BCUT2D eigenvalue weighted by Gasteiger charge is -1.98. The Hall–Kier alpha value is -1.82. The van der Waals surface area contributed by atoms with Gasteiger partial charge in [-0.1, -0.05) is 36.7 Å². The van der Waals surface area contributed by atoms with Crippen LogP contribution in [0.15, 0.2) is 35.5 Å². The molecule has 0 atom stereocenters. The number of unbranched alkanes of at least 4 members (excludes halogenated alkanes) is 1. The highest BCUT2D eigenvalue weighted by atomic mass is 16.6. The highest BCUT2D eigenvalue weighted by Gasteiger charge is 1.98. The summed E-state index contributed by atoms with van der Waals surface area (Å²) in [7, 11) is 0. The van der Waals surface area contributed by atoms with E-state index in [9.17, 15) is 0 Å². The van der Waals surface area contributed by atoms with Crippen molar-refractivity contribution in [3.63, 3.8) is 0 Å². The van der Waals surface area contributed by atoms with Crippen molar-refractivity contribution in [2.75, 3.05) is 0 Å². The van der Waals surface area contributed by atoms with Crippen molar-refractivity contribution in [2.24, 2.45) is 5.16 Å². The van der Waals surface area contributed by atoms with Crippen molar-refractivity contribution in [2.45, 2.75) is 26.2 Å². The largest absolute Gasteiger partial charge is 0.356 e. The zero-order chi connectivity index (χ0) is 10.9. The molecule has 3 heteroatoms. The lowest BCUT2D eigenvalue weighted by molar-refractivity contribution is 0.340. The van der Waals surface area contributed by atoms with E-state index in [-0.39, 0.29) is 0 Å². The molecule has 1 aromatic carbocycles. The van der Waals surface area contributed by atoms with E-state index in [0.29, 0.717) is 17.9 Å². The molecule has 15 heavy (non-hydrogen) atoms. The molecule has 0 spiro atoms. The van der Waals surface area contributed by atoms with Crippen LogP contribution in [0.4, 0.5) is 0 Å². The molecule has 0 fully saturated rings. The summed E-state index contributed by atoms with van der Waals surface area (Å²) in [6, 6.07) is 11.3. The van der Waals surface area contributed by atoms with Crippen molar-refractivity contribution >= 4 is 5.71 Å². The monoisotopic (exact) mass is 202 g/mol. The first-order chi connectivity index (χ1) is 7.36. The van der Waals surface area contributed by atoms with Gasteiger partial charge in [0.15, 0.2) is 11.5 Å². The van der Waals surface area contributed by atoms with Crippen molar-refractivity contribution in [1.29, 1.82) is 5.26 Å². The maximum Gasteiger partial charge on any atom is 0.158 e. The maximum atomic E-state index is 8.77. The highest BCUT2D eigenvalue weighted by molar-refractivity contribution is 5.98. The minimum Gasteiger partial charge on any atom is -0.356 e. The Morgan fingerprint density at radius 1 is 1.40 bits per heavy atom. The molecule has 1 rings (SSSR count). The summed E-state index contributed by atoms with van der Waals surface area (Å²) in [6.45, 7) is 2.08. The Balaban J connectivity index is 2.52. The van der Waals surface area contributed by atoms with Crippen molar-refractivity contribution in [1.82, 2.24) is 0 Å². The summed E-state index contributed by atoms with van der Waals surface area (Å²) < 4.78 is 0. The van der Waals surface area contributed by atoms with Gasteiger partial charge in [-0.3, -0.25) is 0 Å². The van der Waals surface area contributed by atoms with Crippen LogP contribution >= 0.6 is 0 Å². The van der Waals surface area contributed by atoms with Gasteiger partial charge >= 0.3 is 0 Å². The molecule has 0 aliphatic rings. The van der Waals surface area contributed by atoms with Gasteiger partial charge in [-0.25, -0.2) is 0 Å². The minimum atomic E-state index is 0.445.